The molecule has 160 valence electrons. The van der Waals surface area contributed by atoms with Crippen molar-refractivity contribution >= 4 is 28.2 Å². The molecule has 2 amide bonds. The summed E-state index contributed by atoms with van der Waals surface area (Å²) in [6, 6.07) is 10.1. The van der Waals surface area contributed by atoms with E-state index >= 15 is 0 Å². The molecule has 0 saturated heterocycles. The second kappa shape index (κ2) is 9.31. The van der Waals surface area contributed by atoms with Gasteiger partial charge in [-0.25, -0.2) is 0 Å². The third-order valence-corrected chi connectivity index (χ3v) is 7.40. The monoisotopic (exact) mass is 426 g/mol. The molecule has 1 aromatic carbocycles. The van der Waals surface area contributed by atoms with Crippen LogP contribution in [0.1, 0.15) is 71.8 Å². The van der Waals surface area contributed by atoms with Gasteiger partial charge in [0.15, 0.2) is 0 Å². The molecule has 2 heterocycles. The maximum Gasteiger partial charge on any atom is 0.254 e. The van der Waals surface area contributed by atoms with E-state index in [1.54, 1.807) is 0 Å². The molecule has 0 atom stereocenters. The van der Waals surface area contributed by atoms with E-state index in [1.807, 2.05) is 25.1 Å². The summed E-state index contributed by atoms with van der Waals surface area (Å²) in [5.41, 5.74) is 2.22. The van der Waals surface area contributed by atoms with Crippen LogP contribution in [0.4, 0.5) is 5.00 Å². The van der Waals surface area contributed by atoms with Gasteiger partial charge in [-0.2, -0.15) is 0 Å². The Hall–Kier alpha value is -2.18. The van der Waals surface area contributed by atoms with E-state index in [9.17, 15) is 9.59 Å². The Kier molecular flexibility index (Phi) is 6.54. The van der Waals surface area contributed by atoms with E-state index in [-0.39, 0.29) is 11.8 Å². The molecule has 1 fully saturated rings. The van der Waals surface area contributed by atoms with Crippen LogP contribution in [0.15, 0.2) is 30.3 Å². The van der Waals surface area contributed by atoms with Crippen molar-refractivity contribution in [2.45, 2.75) is 63.9 Å². The van der Waals surface area contributed by atoms with Gasteiger partial charge < -0.3 is 15.4 Å². The summed E-state index contributed by atoms with van der Waals surface area (Å²) in [7, 11) is 0. The Labute approximate surface area is 182 Å². The van der Waals surface area contributed by atoms with Crippen molar-refractivity contribution in [3.63, 3.8) is 0 Å². The lowest BCUT2D eigenvalue weighted by Crippen LogP contribution is -2.42. The third-order valence-electron chi connectivity index (χ3n) is 6.28. The molecule has 4 rings (SSSR count). The fourth-order valence-corrected chi connectivity index (χ4v) is 5.85. The first-order valence-corrected chi connectivity index (χ1v) is 11.8. The van der Waals surface area contributed by atoms with Crippen molar-refractivity contribution in [2.24, 2.45) is 0 Å². The summed E-state index contributed by atoms with van der Waals surface area (Å²) in [6.07, 6.45) is 6.52. The van der Waals surface area contributed by atoms with E-state index in [2.05, 4.69) is 22.8 Å². The Balaban J connectivity index is 1.68. The summed E-state index contributed by atoms with van der Waals surface area (Å²) in [5.74, 6) is -0.0820. The average molecular weight is 427 g/mol. The Morgan fingerprint density at radius 2 is 1.90 bits per heavy atom. The minimum Gasteiger partial charge on any atom is -0.376 e. The van der Waals surface area contributed by atoms with Gasteiger partial charge in [0, 0.05) is 11.4 Å². The molecular formula is C24H30N2O3S. The molecule has 1 aliphatic carbocycles. The summed E-state index contributed by atoms with van der Waals surface area (Å²) < 4.78 is 5.60. The molecule has 0 radical (unpaired) electrons. The number of ether oxygens (including phenoxy) is 1. The second-order valence-corrected chi connectivity index (χ2v) is 9.33. The van der Waals surface area contributed by atoms with Gasteiger partial charge in [0.25, 0.3) is 5.91 Å². The fraction of sp³-hybridized carbons (Fsp3) is 0.500. The number of carbonyl (C=O) groups excluding carboxylic acids is 2. The lowest BCUT2D eigenvalue weighted by Gasteiger charge is -2.36. The maximum absolute atomic E-state index is 13.7. The zero-order chi connectivity index (χ0) is 21.0. The molecule has 2 aromatic rings. The normalized spacial score (nSPS) is 17.8. The summed E-state index contributed by atoms with van der Waals surface area (Å²) in [4.78, 5) is 27.7. The van der Waals surface area contributed by atoms with Crippen LogP contribution >= 0.6 is 11.3 Å². The zero-order valence-electron chi connectivity index (χ0n) is 17.6. The van der Waals surface area contributed by atoms with Gasteiger partial charge in [0.1, 0.15) is 5.00 Å². The van der Waals surface area contributed by atoms with Crippen molar-refractivity contribution in [1.29, 1.82) is 0 Å². The number of amides is 2. The van der Waals surface area contributed by atoms with Gasteiger partial charge >= 0.3 is 0 Å². The van der Waals surface area contributed by atoms with Gasteiger partial charge in [0.2, 0.25) is 5.91 Å². The number of thiophene rings is 1. The smallest absolute Gasteiger partial charge is 0.254 e. The highest BCUT2D eigenvalue weighted by atomic mass is 32.1. The molecule has 6 heteroatoms. The van der Waals surface area contributed by atoms with E-state index in [4.69, 9.17) is 4.74 Å². The Morgan fingerprint density at radius 3 is 2.63 bits per heavy atom. The Bertz CT molecular complexity index is 901. The predicted octanol–water partition coefficient (Wildman–Crippen LogP) is 4.80. The maximum atomic E-state index is 13.7. The molecule has 5 nitrogen and oxygen atoms in total. The van der Waals surface area contributed by atoms with Crippen molar-refractivity contribution in [2.75, 3.05) is 18.5 Å². The van der Waals surface area contributed by atoms with Crippen molar-refractivity contribution in [3.05, 3.63) is 51.9 Å². The number of nitrogens with one attached hydrogen (secondary N) is 2. The van der Waals surface area contributed by atoms with Crippen LogP contribution in [0.5, 0.6) is 0 Å². The molecule has 1 aromatic heterocycles. The average Bonchev–Trinajstić information content (AvgIpc) is 3.16. The predicted molar refractivity (Wildman–Crippen MR) is 120 cm³/mol. The van der Waals surface area contributed by atoms with E-state index in [0.717, 1.165) is 54.5 Å². The first-order chi connectivity index (χ1) is 14.7. The highest BCUT2D eigenvalue weighted by Crippen LogP contribution is 2.42. The number of rotatable bonds is 6. The number of fused-ring (bicyclic) bond motifs is 1. The number of carbonyl (C=O) groups is 2. The Morgan fingerprint density at radius 1 is 1.13 bits per heavy atom. The molecule has 2 aliphatic rings. The summed E-state index contributed by atoms with van der Waals surface area (Å²) >= 11 is 1.49. The number of hydrogen-bond acceptors (Lipinski definition) is 4. The van der Waals surface area contributed by atoms with Crippen LogP contribution in [0, 0.1) is 0 Å². The molecule has 1 aliphatic heterocycles. The van der Waals surface area contributed by atoms with E-state index in [0.29, 0.717) is 36.7 Å². The van der Waals surface area contributed by atoms with Crippen molar-refractivity contribution in [1.82, 2.24) is 5.32 Å². The van der Waals surface area contributed by atoms with Gasteiger partial charge in [-0.3, -0.25) is 9.59 Å². The van der Waals surface area contributed by atoms with Crippen LogP contribution in [-0.2, 0) is 28.0 Å². The molecule has 0 spiro atoms. The first kappa shape index (κ1) is 21.1. The van der Waals surface area contributed by atoms with Gasteiger partial charge in [-0.05, 0) is 36.8 Å². The molecule has 2 N–H and O–H groups in total. The largest absolute Gasteiger partial charge is 0.376 e. The van der Waals surface area contributed by atoms with Crippen molar-refractivity contribution < 1.29 is 14.3 Å². The van der Waals surface area contributed by atoms with Gasteiger partial charge in [0.05, 0.1) is 24.2 Å². The SMILES string of the molecule is CCCNC(=O)c1c(NC(=O)C2(c3ccccc3)CCCCC2)sc2c1CCOC2. The minimum absolute atomic E-state index is 0.0115. The minimum atomic E-state index is -0.530. The fourth-order valence-electron chi connectivity index (χ4n) is 4.67. The van der Waals surface area contributed by atoms with Crippen LogP contribution in [-0.4, -0.2) is 25.0 Å². The first-order valence-electron chi connectivity index (χ1n) is 11.0. The topological polar surface area (TPSA) is 67.4 Å². The van der Waals surface area contributed by atoms with Crippen LogP contribution in [0.2, 0.25) is 0 Å². The molecule has 0 bridgehead atoms. The molecule has 30 heavy (non-hydrogen) atoms. The highest BCUT2D eigenvalue weighted by molar-refractivity contribution is 7.17. The van der Waals surface area contributed by atoms with Crippen molar-refractivity contribution in [3.8, 4) is 0 Å². The van der Waals surface area contributed by atoms with Crippen LogP contribution < -0.4 is 10.6 Å². The number of benzene rings is 1. The number of anilines is 1. The van der Waals surface area contributed by atoms with E-state index in [1.165, 1.54) is 11.3 Å². The summed E-state index contributed by atoms with van der Waals surface area (Å²) in [6.45, 7) is 3.78. The van der Waals surface area contributed by atoms with Crippen LogP contribution in [0.25, 0.3) is 0 Å². The highest BCUT2D eigenvalue weighted by Gasteiger charge is 2.42. The second-order valence-electron chi connectivity index (χ2n) is 8.23. The molecule has 0 unspecified atom stereocenters. The standard InChI is InChI=1S/C24H30N2O3S/c1-2-14-25-21(27)20-18-11-15-29-16-19(18)30-22(20)26-23(28)24(12-7-4-8-13-24)17-9-5-3-6-10-17/h3,5-6,9-10H,2,4,7-8,11-16H2,1H3,(H,25,27)(H,26,28). The van der Waals surface area contributed by atoms with E-state index < -0.39 is 5.41 Å². The quantitative estimate of drug-likeness (QED) is 0.697. The van der Waals surface area contributed by atoms with Gasteiger partial charge in [-0.1, -0.05) is 56.5 Å². The third kappa shape index (κ3) is 4.03. The number of hydrogen-bond donors (Lipinski definition) is 2. The molecular weight excluding hydrogens is 396 g/mol. The zero-order valence-corrected chi connectivity index (χ0v) is 18.4. The summed E-state index contributed by atoms with van der Waals surface area (Å²) in [5, 5.41) is 6.86. The molecule has 1 saturated carbocycles. The van der Waals surface area contributed by atoms with Gasteiger partial charge in [-0.15, -0.1) is 11.3 Å². The lowest BCUT2D eigenvalue weighted by molar-refractivity contribution is -0.122. The lowest BCUT2D eigenvalue weighted by atomic mass is 9.68. The van der Waals surface area contributed by atoms with Crippen LogP contribution in [0.3, 0.4) is 0 Å².